The van der Waals surface area contributed by atoms with Gasteiger partial charge in [0.05, 0.1) is 33.4 Å². The Kier molecular flexibility index (Phi) is 6.60. The highest BCUT2D eigenvalue weighted by Gasteiger charge is 2.18. The Hall–Kier alpha value is -4.64. The van der Waals surface area contributed by atoms with Crippen molar-refractivity contribution in [1.82, 2.24) is 19.5 Å². The number of carbonyl (C=O) groups is 1. The van der Waals surface area contributed by atoms with E-state index in [2.05, 4.69) is 25.6 Å². The lowest BCUT2D eigenvalue weighted by Crippen LogP contribution is -2.25. The number of nitrogen functional groups attached to an aromatic ring is 1. The van der Waals surface area contributed by atoms with Gasteiger partial charge in [0.1, 0.15) is 18.0 Å². The van der Waals surface area contributed by atoms with E-state index >= 15 is 0 Å². The molecule has 0 unspecified atom stereocenters. The number of nitrogens with two attached hydrogens (primary N) is 1. The second kappa shape index (κ2) is 10.0. The van der Waals surface area contributed by atoms with Crippen LogP contribution in [-0.2, 0) is 17.9 Å². The number of rotatable bonds is 7. The minimum atomic E-state index is -0.197. The van der Waals surface area contributed by atoms with Crippen LogP contribution in [0.4, 0.5) is 16.8 Å². The first-order valence-corrected chi connectivity index (χ1v) is 12.8. The number of nitrogens with one attached hydrogen (secondary N) is 3. The van der Waals surface area contributed by atoms with E-state index in [9.17, 15) is 9.59 Å². The van der Waals surface area contributed by atoms with Crippen LogP contribution in [0.15, 0.2) is 53.6 Å². The molecule has 5 rings (SSSR count). The van der Waals surface area contributed by atoms with Gasteiger partial charge in [-0.25, -0.2) is 15.0 Å². The number of nitrogens with zero attached hydrogens (tertiary/aromatic N) is 4. The summed E-state index contributed by atoms with van der Waals surface area (Å²) in [5, 5.41) is 17.0. The Morgan fingerprint density at radius 3 is 2.76 bits per heavy atom. The highest BCUT2D eigenvalue weighted by Crippen LogP contribution is 2.29. The lowest BCUT2D eigenvalue weighted by Gasteiger charge is -2.17. The summed E-state index contributed by atoms with van der Waals surface area (Å²) >= 11 is 1.33. The molecule has 2 aromatic carbocycles. The molecule has 0 bridgehead atoms. The van der Waals surface area contributed by atoms with Gasteiger partial charge in [-0.15, -0.1) is 0 Å². The average molecular weight is 527 g/mol. The van der Waals surface area contributed by atoms with E-state index in [1.807, 2.05) is 44.2 Å². The number of aryl methyl sites for hydroxylation is 1. The van der Waals surface area contributed by atoms with Gasteiger partial charge in [0, 0.05) is 24.7 Å². The second-order valence-corrected chi connectivity index (χ2v) is 9.85. The van der Waals surface area contributed by atoms with Crippen molar-refractivity contribution in [3.8, 4) is 0 Å². The van der Waals surface area contributed by atoms with Gasteiger partial charge in [0.25, 0.3) is 5.56 Å². The van der Waals surface area contributed by atoms with E-state index in [-0.39, 0.29) is 23.0 Å². The molecule has 1 amide bonds. The van der Waals surface area contributed by atoms with Gasteiger partial charge in [-0.2, -0.15) is 0 Å². The zero-order valence-electron chi connectivity index (χ0n) is 21.1. The molecule has 0 saturated heterocycles. The highest BCUT2D eigenvalue weighted by molar-refractivity contribution is 7.22. The Labute approximate surface area is 222 Å². The number of amides is 1. The van der Waals surface area contributed by atoms with Crippen molar-refractivity contribution in [2.24, 2.45) is 0 Å². The first kappa shape index (κ1) is 25.0. The molecule has 0 fully saturated rings. The zero-order chi connectivity index (χ0) is 27.0. The maximum atomic E-state index is 13.2. The van der Waals surface area contributed by atoms with Gasteiger partial charge in [-0.1, -0.05) is 35.6 Å². The third kappa shape index (κ3) is 4.59. The minimum absolute atomic E-state index is 0.0356. The first-order valence-electron chi connectivity index (χ1n) is 12.0. The molecule has 0 atom stereocenters. The van der Waals surface area contributed by atoms with Crippen molar-refractivity contribution in [2.45, 2.75) is 33.9 Å². The number of anilines is 3. The highest BCUT2D eigenvalue weighted by atomic mass is 32.1. The molecule has 3 aromatic heterocycles. The van der Waals surface area contributed by atoms with Crippen LogP contribution in [0.2, 0.25) is 0 Å². The summed E-state index contributed by atoms with van der Waals surface area (Å²) in [6.45, 7) is 6.12. The van der Waals surface area contributed by atoms with Crippen LogP contribution in [0.5, 0.6) is 0 Å². The number of hydrogen-bond acceptors (Lipinski definition) is 9. The summed E-state index contributed by atoms with van der Waals surface area (Å²) in [6, 6.07) is 13.2. The molecular formula is C27H26N8O2S. The van der Waals surface area contributed by atoms with Gasteiger partial charge in [-0.3, -0.25) is 15.0 Å². The summed E-state index contributed by atoms with van der Waals surface area (Å²) in [5.41, 5.74) is 9.75. The molecule has 11 heteroatoms. The number of fused-ring (bicyclic) bond motifs is 2. The van der Waals surface area contributed by atoms with E-state index in [1.54, 1.807) is 16.7 Å². The van der Waals surface area contributed by atoms with Gasteiger partial charge in [0.2, 0.25) is 5.91 Å². The van der Waals surface area contributed by atoms with Crippen molar-refractivity contribution in [1.29, 1.82) is 5.41 Å². The Bertz CT molecular complexity index is 1790. The molecule has 3 heterocycles. The van der Waals surface area contributed by atoms with Crippen LogP contribution < -0.4 is 21.9 Å². The molecule has 5 aromatic rings. The molecule has 5 N–H and O–H groups in total. The monoisotopic (exact) mass is 526 g/mol. The minimum Gasteiger partial charge on any atom is -0.383 e. The van der Waals surface area contributed by atoms with E-state index in [1.165, 1.54) is 24.6 Å². The number of carbonyl (C=O) groups excluding carboxylic acids is 1. The average Bonchev–Trinajstić information content (AvgIpc) is 3.28. The van der Waals surface area contributed by atoms with E-state index in [4.69, 9.17) is 11.1 Å². The number of thiazole rings is 1. The van der Waals surface area contributed by atoms with Crippen LogP contribution in [0.1, 0.15) is 36.2 Å². The maximum absolute atomic E-state index is 13.2. The van der Waals surface area contributed by atoms with E-state index < -0.39 is 0 Å². The van der Waals surface area contributed by atoms with Crippen LogP contribution in [0, 0.1) is 12.3 Å². The van der Waals surface area contributed by atoms with Crippen LogP contribution in [-0.4, -0.2) is 31.1 Å². The lowest BCUT2D eigenvalue weighted by atomic mass is 10.0. The molecule has 0 spiro atoms. The van der Waals surface area contributed by atoms with Crippen molar-refractivity contribution in [2.75, 3.05) is 16.4 Å². The Morgan fingerprint density at radius 1 is 1.18 bits per heavy atom. The zero-order valence-corrected chi connectivity index (χ0v) is 21.9. The van der Waals surface area contributed by atoms with E-state index in [0.717, 1.165) is 26.9 Å². The van der Waals surface area contributed by atoms with Crippen molar-refractivity contribution >= 4 is 60.7 Å². The smallest absolute Gasteiger partial charge is 0.258 e. The largest absolute Gasteiger partial charge is 0.383 e. The molecule has 0 aliphatic rings. The number of pyridine rings is 1. The molecule has 0 aliphatic carbocycles. The predicted octanol–water partition coefficient (Wildman–Crippen LogP) is 4.30. The summed E-state index contributed by atoms with van der Waals surface area (Å²) < 4.78 is 2.56. The first-order chi connectivity index (χ1) is 18.3. The molecule has 0 radical (unpaired) electrons. The Balaban J connectivity index is 1.48. The van der Waals surface area contributed by atoms with Gasteiger partial charge in [0.15, 0.2) is 5.13 Å². The van der Waals surface area contributed by atoms with E-state index in [0.29, 0.717) is 40.6 Å². The molecule has 0 saturated carbocycles. The fourth-order valence-corrected chi connectivity index (χ4v) is 5.45. The summed E-state index contributed by atoms with van der Waals surface area (Å²) in [7, 11) is 0. The number of benzene rings is 2. The van der Waals surface area contributed by atoms with Crippen LogP contribution in [0.3, 0.4) is 0 Å². The molecule has 0 aliphatic heterocycles. The predicted molar refractivity (Wildman–Crippen MR) is 152 cm³/mol. The lowest BCUT2D eigenvalue weighted by molar-refractivity contribution is -0.114. The van der Waals surface area contributed by atoms with Gasteiger partial charge < -0.3 is 20.9 Å². The molecular weight excluding hydrogens is 500 g/mol. The van der Waals surface area contributed by atoms with Crippen LogP contribution in [0.25, 0.3) is 21.0 Å². The summed E-state index contributed by atoms with van der Waals surface area (Å²) in [4.78, 5) is 37.5. The van der Waals surface area contributed by atoms with Crippen LogP contribution >= 0.6 is 11.3 Å². The Morgan fingerprint density at radius 2 is 2.00 bits per heavy atom. The third-order valence-corrected chi connectivity index (χ3v) is 7.21. The standard InChI is InChI=1S/C27H26N8O2S/c1-4-35-18(10-16-7-5-6-14(2)21(16)26(35)37)12-30-25-22(24(29)31-13-32-25)23(28)17-8-9-19-20(11-17)38-27(34-19)33-15(3)36/h5-11,13,28H,4,12H2,1-3H3,(H,33,34,36)(H3,29,30,31,32). The summed E-state index contributed by atoms with van der Waals surface area (Å²) in [5.74, 6) is 0.361. The second-order valence-electron chi connectivity index (χ2n) is 8.82. The van der Waals surface area contributed by atoms with Crippen molar-refractivity contribution in [3.63, 3.8) is 0 Å². The van der Waals surface area contributed by atoms with Crippen molar-refractivity contribution < 1.29 is 4.79 Å². The molecule has 10 nitrogen and oxygen atoms in total. The maximum Gasteiger partial charge on any atom is 0.258 e. The normalized spacial score (nSPS) is 11.1. The molecule has 38 heavy (non-hydrogen) atoms. The fourth-order valence-electron chi connectivity index (χ4n) is 4.50. The number of aromatic nitrogens is 4. The SMILES string of the molecule is CCn1c(CNc2ncnc(N)c2C(=N)c2ccc3nc(NC(C)=O)sc3c2)cc2cccc(C)c2c1=O. The fraction of sp³-hybridized carbons (Fsp3) is 0.185. The topological polar surface area (TPSA) is 152 Å². The third-order valence-electron chi connectivity index (χ3n) is 6.27. The molecule has 192 valence electrons. The quantitative estimate of drug-likeness (QED) is 0.231. The van der Waals surface area contributed by atoms with Crippen molar-refractivity contribution in [3.05, 3.63) is 81.5 Å². The number of hydrogen-bond donors (Lipinski definition) is 4. The summed E-state index contributed by atoms with van der Waals surface area (Å²) in [6.07, 6.45) is 1.34. The van der Waals surface area contributed by atoms with Gasteiger partial charge in [-0.05, 0) is 43.0 Å². The van der Waals surface area contributed by atoms with Gasteiger partial charge >= 0.3 is 0 Å².